The molecule has 0 unspecified atom stereocenters. The van der Waals surface area contributed by atoms with Crippen LogP contribution in [0.1, 0.15) is 48.5 Å². The Bertz CT molecular complexity index is 652. The average Bonchev–Trinajstić information content (AvgIpc) is 2.60. The van der Waals surface area contributed by atoms with Crippen LogP contribution in [0.4, 0.5) is 0 Å². The first-order valence-electron chi connectivity index (χ1n) is 8.22. The van der Waals surface area contributed by atoms with Gasteiger partial charge in [0.1, 0.15) is 0 Å². The third-order valence-corrected chi connectivity index (χ3v) is 5.12. The van der Waals surface area contributed by atoms with Crippen molar-refractivity contribution in [3.63, 3.8) is 0 Å². The molecule has 0 aromatic heterocycles. The highest BCUT2D eigenvalue weighted by molar-refractivity contribution is 5.88. The maximum Gasteiger partial charge on any atom is 0.335 e. The van der Waals surface area contributed by atoms with E-state index in [-0.39, 0.29) is 22.5 Å². The van der Waals surface area contributed by atoms with Gasteiger partial charge in [0.25, 0.3) is 0 Å². The minimum Gasteiger partial charge on any atom is -0.478 e. The number of esters is 1. The van der Waals surface area contributed by atoms with Crippen molar-refractivity contribution in [2.24, 2.45) is 5.41 Å². The summed E-state index contributed by atoms with van der Waals surface area (Å²) in [5.41, 5.74) is 0.820. The molecular formula is C19H22O5. The van der Waals surface area contributed by atoms with Gasteiger partial charge in [0.05, 0.1) is 24.4 Å². The molecule has 24 heavy (non-hydrogen) atoms. The number of fused-ring (bicyclic) bond motifs is 3. The summed E-state index contributed by atoms with van der Waals surface area (Å²) in [5, 5.41) is 9.06. The largest absolute Gasteiger partial charge is 0.478 e. The van der Waals surface area contributed by atoms with Gasteiger partial charge in [-0.1, -0.05) is 24.3 Å². The summed E-state index contributed by atoms with van der Waals surface area (Å²) in [6, 6.07) is 6.87. The Labute approximate surface area is 141 Å². The normalized spacial score (nSPS) is 28.9. The first-order valence-corrected chi connectivity index (χ1v) is 8.22. The summed E-state index contributed by atoms with van der Waals surface area (Å²) in [4.78, 5) is 22.1. The van der Waals surface area contributed by atoms with Gasteiger partial charge in [0.15, 0.2) is 0 Å². The average molecular weight is 330 g/mol. The fourth-order valence-electron chi connectivity index (χ4n) is 3.47. The summed E-state index contributed by atoms with van der Waals surface area (Å²) >= 11 is 0. The summed E-state index contributed by atoms with van der Waals surface area (Å²) in [5.74, 6) is -1.17. The number of carbonyl (C=O) groups is 2. The number of hydrogen-bond acceptors (Lipinski definition) is 4. The predicted molar refractivity (Wildman–Crippen MR) is 88.7 cm³/mol. The second-order valence-electron chi connectivity index (χ2n) is 6.90. The van der Waals surface area contributed by atoms with E-state index in [4.69, 9.17) is 14.6 Å². The molecule has 1 N–H and O–H groups in total. The van der Waals surface area contributed by atoms with E-state index in [0.29, 0.717) is 13.2 Å². The van der Waals surface area contributed by atoms with Crippen LogP contribution < -0.4 is 0 Å². The Morgan fingerprint density at radius 2 is 2.04 bits per heavy atom. The van der Waals surface area contributed by atoms with Crippen molar-refractivity contribution in [3.05, 3.63) is 41.5 Å². The SMILES string of the molecule is CC(=O)OCC12CCC(/C=C/c3cccc(C(=O)O)c3)(CC1)OC2. The van der Waals surface area contributed by atoms with Crippen molar-refractivity contribution < 1.29 is 24.2 Å². The van der Waals surface area contributed by atoms with Gasteiger partial charge in [-0.05, 0) is 43.4 Å². The van der Waals surface area contributed by atoms with E-state index >= 15 is 0 Å². The lowest BCUT2D eigenvalue weighted by atomic mass is 9.66. The third-order valence-electron chi connectivity index (χ3n) is 5.12. The maximum atomic E-state index is 11.0. The van der Waals surface area contributed by atoms with Gasteiger partial charge in [0.2, 0.25) is 0 Å². The Kier molecular flexibility index (Phi) is 4.45. The van der Waals surface area contributed by atoms with Gasteiger partial charge in [0, 0.05) is 12.3 Å². The molecule has 3 aliphatic rings. The zero-order valence-electron chi connectivity index (χ0n) is 13.8. The lowest BCUT2D eigenvalue weighted by Gasteiger charge is -2.51. The minimum atomic E-state index is -0.926. The predicted octanol–water partition coefficient (Wildman–Crippen LogP) is 3.29. The third kappa shape index (κ3) is 3.51. The second kappa shape index (κ2) is 6.40. The van der Waals surface area contributed by atoms with Crippen molar-refractivity contribution in [1.82, 2.24) is 0 Å². The van der Waals surface area contributed by atoms with Gasteiger partial charge in [-0.15, -0.1) is 0 Å². The molecule has 1 aromatic rings. The van der Waals surface area contributed by atoms with Crippen LogP contribution in [0.15, 0.2) is 30.3 Å². The van der Waals surface area contributed by atoms with Gasteiger partial charge in [-0.3, -0.25) is 4.79 Å². The molecule has 2 saturated heterocycles. The maximum absolute atomic E-state index is 11.0. The molecular weight excluding hydrogens is 308 g/mol. The smallest absolute Gasteiger partial charge is 0.335 e. The van der Waals surface area contributed by atoms with E-state index in [1.807, 2.05) is 12.1 Å². The highest BCUT2D eigenvalue weighted by atomic mass is 16.5. The molecule has 128 valence electrons. The molecule has 0 atom stereocenters. The Balaban J connectivity index is 1.66. The number of benzene rings is 1. The number of carbonyl (C=O) groups excluding carboxylic acids is 1. The number of aromatic carboxylic acids is 1. The Morgan fingerprint density at radius 3 is 2.62 bits per heavy atom. The van der Waals surface area contributed by atoms with Gasteiger partial charge < -0.3 is 14.6 Å². The van der Waals surface area contributed by atoms with Crippen LogP contribution in [-0.4, -0.2) is 35.9 Å². The summed E-state index contributed by atoms with van der Waals surface area (Å²) < 4.78 is 11.3. The van der Waals surface area contributed by atoms with Gasteiger partial charge in [-0.2, -0.15) is 0 Å². The number of carboxylic acid groups (broad SMARTS) is 1. The van der Waals surface area contributed by atoms with Crippen LogP contribution in [0.3, 0.4) is 0 Å². The monoisotopic (exact) mass is 330 g/mol. The first kappa shape index (κ1) is 16.7. The molecule has 5 nitrogen and oxygen atoms in total. The molecule has 3 fully saturated rings. The van der Waals surface area contributed by atoms with Gasteiger partial charge in [-0.25, -0.2) is 4.79 Å². The number of rotatable bonds is 5. The number of hydrogen-bond donors (Lipinski definition) is 1. The first-order chi connectivity index (χ1) is 11.4. The summed E-state index contributed by atoms with van der Waals surface area (Å²) in [6.45, 7) is 2.46. The Morgan fingerprint density at radius 1 is 1.29 bits per heavy atom. The lowest BCUT2D eigenvalue weighted by Crippen LogP contribution is -2.52. The van der Waals surface area contributed by atoms with Crippen LogP contribution in [0.25, 0.3) is 6.08 Å². The van der Waals surface area contributed by atoms with Crippen molar-refractivity contribution in [1.29, 1.82) is 0 Å². The molecule has 0 spiro atoms. The summed E-state index contributed by atoms with van der Waals surface area (Å²) in [6.07, 6.45) is 7.73. The van der Waals surface area contributed by atoms with E-state index in [9.17, 15) is 9.59 Å². The van der Waals surface area contributed by atoms with E-state index in [1.165, 1.54) is 6.92 Å². The van der Waals surface area contributed by atoms with Crippen LogP contribution in [-0.2, 0) is 14.3 Å². The second-order valence-corrected chi connectivity index (χ2v) is 6.90. The van der Waals surface area contributed by atoms with Crippen molar-refractivity contribution in [3.8, 4) is 0 Å². The molecule has 4 rings (SSSR count). The van der Waals surface area contributed by atoms with Gasteiger partial charge >= 0.3 is 11.9 Å². The van der Waals surface area contributed by atoms with Crippen molar-refractivity contribution in [2.75, 3.05) is 13.2 Å². The fourth-order valence-corrected chi connectivity index (χ4v) is 3.47. The minimum absolute atomic E-state index is 0.0372. The fraction of sp³-hybridized carbons (Fsp3) is 0.474. The zero-order chi connectivity index (χ0) is 17.2. The zero-order valence-corrected chi connectivity index (χ0v) is 13.8. The Hall–Kier alpha value is -2.14. The number of carboxylic acids is 1. The number of ether oxygens (including phenoxy) is 2. The van der Waals surface area contributed by atoms with E-state index in [2.05, 4.69) is 6.08 Å². The van der Waals surface area contributed by atoms with E-state index < -0.39 is 5.97 Å². The van der Waals surface area contributed by atoms with Crippen LogP contribution in [0.5, 0.6) is 0 Å². The summed E-state index contributed by atoms with van der Waals surface area (Å²) in [7, 11) is 0. The molecule has 2 bridgehead atoms. The van der Waals surface area contributed by atoms with Crippen LogP contribution in [0.2, 0.25) is 0 Å². The molecule has 0 amide bonds. The van der Waals surface area contributed by atoms with Crippen molar-refractivity contribution in [2.45, 2.75) is 38.2 Å². The van der Waals surface area contributed by atoms with Crippen molar-refractivity contribution >= 4 is 18.0 Å². The highest BCUT2D eigenvalue weighted by Gasteiger charge is 2.49. The quantitative estimate of drug-likeness (QED) is 0.839. The molecule has 2 heterocycles. The topological polar surface area (TPSA) is 72.8 Å². The van der Waals surface area contributed by atoms with Crippen LogP contribution in [0, 0.1) is 5.41 Å². The molecule has 2 aliphatic heterocycles. The molecule has 1 saturated carbocycles. The van der Waals surface area contributed by atoms with E-state index in [0.717, 1.165) is 31.2 Å². The molecule has 1 aliphatic carbocycles. The molecule has 0 radical (unpaired) electrons. The molecule has 5 heteroatoms. The highest BCUT2D eigenvalue weighted by Crippen LogP contribution is 2.49. The molecule has 1 aromatic carbocycles. The van der Waals surface area contributed by atoms with Crippen LogP contribution >= 0.6 is 0 Å². The standard InChI is InChI=1S/C19H22O5/c1-14(20)23-12-18-7-9-19(10-8-18,24-13-18)6-5-15-3-2-4-16(11-15)17(21)22/h2-6,11H,7-10,12-13H2,1H3,(H,21,22)/b6-5+. The lowest BCUT2D eigenvalue weighted by molar-refractivity contribution is -0.182. The van der Waals surface area contributed by atoms with E-state index in [1.54, 1.807) is 18.2 Å².